The highest BCUT2D eigenvalue weighted by molar-refractivity contribution is 7.89. The number of nitrogens with zero attached hydrogens (tertiary/aromatic N) is 2. The average molecular weight is 366 g/mol. The van der Waals surface area contributed by atoms with Crippen LogP contribution in [0.1, 0.15) is 42.5 Å². The molecule has 1 aromatic carbocycles. The lowest BCUT2D eigenvalue weighted by atomic mass is 10.2. The second-order valence-corrected chi connectivity index (χ2v) is 8.49. The van der Waals surface area contributed by atoms with Crippen molar-refractivity contribution in [1.82, 2.24) is 9.21 Å². The van der Waals surface area contributed by atoms with Crippen molar-refractivity contribution >= 4 is 21.9 Å². The van der Waals surface area contributed by atoms with E-state index in [1.54, 1.807) is 0 Å². The molecule has 0 aromatic heterocycles. The summed E-state index contributed by atoms with van der Waals surface area (Å²) < 4.78 is 27.0. The van der Waals surface area contributed by atoms with Gasteiger partial charge in [0.15, 0.2) is 0 Å². The first-order valence-corrected chi connectivity index (χ1v) is 9.96. The second kappa shape index (κ2) is 7.13. The minimum absolute atomic E-state index is 0.0639. The van der Waals surface area contributed by atoms with E-state index in [0.29, 0.717) is 13.1 Å². The Balaban J connectivity index is 1.85. The van der Waals surface area contributed by atoms with Crippen molar-refractivity contribution in [3.05, 3.63) is 29.8 Å². The lowest BCUT2D eigenvalue weighted by Crippen LogP contribution is -2.38. The van der Waals surface area contributed by atoms with E-state index >= 15 is 0 Å². The Bertz CT molecular complexity index is 767. The summed E-state index contributed by atoms with van der Waals surface area (Å²) in [5.74, 6) is -1.50. The van der Waals surface area contributed by atoms with Crippen LogP contribution < -0.4 is 0 Å². The predicted molar refractivity (Wildman–Crippen MR) is 90.7 cm³/mol. The Morgan fingerprint density at radius 2 is 1.84 bits per heavy atom. The number of hydrogen-bond donors (Lipinski definition) is 1. The molecule has 0 spiro atoms. The number of hydrogen-bond acceptors (Lipinski definition) is 4. The monoisotopic (exact) mass is 366 g/mol. The Morgan fingerprint density at radius 1 is 1.16 bits per heavy atom. The summed E-state index contributed by atoms with van der Waals surface area (Å²) in [4.78, 5) is 25.1. The first kappa shape index (κ1) is 17.9. The third-order valence-corrected chi connectivity index (χ3v) is 6.48. The van der Waals surface area contributed by atoms with Crippen molar-refractivity contribution in [2.75, 3.05) is 19.6 Å². The van der Waals surface area contributed by atoms with Crippen LogP contribution in [0.15, 0.2) is 29.2 Å². The Morgan fingerprint density at radius 3 is 2.44 bits per heavy atom. The summed E-state index contributed by atoms with van der Waals surface area (Å²) in [7, 11) is -3.63. The summed E-state index contributed by atoms with van der Waals surface area (Å²) in [6.45, 7) is 0.619. The quantitative estimate of drug-likeness (QED) is 0.824. The van der Waals surface area contributed by atoms with Gasteiger partial charge < -0.3 is 10.0 Å². The molecule has 2 aliphatic rings. The zero-order valence-corrected chi connectivity index (χ0v) is 14.7. The van der Waals surface area contributed by atoms with Crippen LogP contribution in [0.4, 0.5) is 0 Å². The van der Waals surface area contributed by atoms with Crippen molar-refractivity contribution in [3.63, 3.8) is 0 Å². The van der Waals surface area contributed by atoms with Gasteiger partial charge >= 0.3 is 5.97 Å². The topological polar surface area (TPSA) is 95.0 Å². The predicted octanol–water partition coefficient (Wildman–Crippen LogP) is 1.55. The number of rotatable bonds is 6. The molecule has 1 amide bonds. The van der Waals surface area contributed by atoms with Gasteiger partial charge in [0.1, 0.15) is 6.54 Å². The SMILES string of the molecule is O=C(O)CN(C(=O)c1cccc(S(=O)(=O)N2CCCCC2)c1)C1CC1. The molecule has 1 N–H and O–H groups in total. The number of carbonyl (C=O) groups excluding carboxylic acids is 1. The van der Waals surface area contributed by atoms with Gasteiger partial charge in [0.25, 0.3) is 5.91 Å². The van der Waals surface area contributed by atoms with Crippen molar-refractivity contribution < 1.29 is 23.1 Å². The first-order chi connectivity index (χ1) is 11.9. The van der Waals surface area contributed by atoms with Gasteiger partial charge in [0.2, 0.25) is 10.0 Å². The lowest BCUT2D eigenvalue weighted by molar-refractivity contribution is -0.137. The highest BCUT2D eigenvalue weighted by Crippen LogP contribution is 2.29. The molecular weight excluding hydrogens is 344 g/mol. The number of amides is 1. The summed E-state index contributed by atoms with van der Waals surface area (Å²) in [5.41, 5.74) is 0.214. The molecule has 1 aliphatic carbocycles. The van der Waals surface area contributed by atoms with E-state index in [9.17, 15) is 18.0 Å². The fraction of sp³-hybridized carbons (Fsp3) is 0.529. The number of piperidine rings is 1. The maximum atomic E-state index is 12.8. The third-order valence-electron chi connectivity index (χ3n) is 4.59. The van der Waals surface area contributed by atoms with Crippen LogP contribution in [0.25, 0.3) is 0 Å². The molecule has 136 valence electrons. The molecule has 1 saturated heterocycles. The van der Waals surface area contributed by atoms with Crippen molar-refractivity contribution in [3.8, 4) is 0 Å². The standard InChI is InChI=1S/C17H22N2O5S/c20-16(21)12-19(14-7-8-14)17(22)13-5-4-6-15(11-13)25(23,24)18-9-2-1-3-10-18/h4-6,11,14H,1-3,7-10,12H2,(H,20,21). The molecule has 0 radical (unpaired) electrons. The minimum atomic E-state index is -3.63. The van der Waals surface area contributed by atoms with Gasteiger partial charge in [0, 0.05) is 24.7 Å². The van der Waals surface area contributed by atoms with Crippen LogP contribution in [-0.4, -0.2) is 60.3 Å². The van der Waals surface area contributed by atoms with Crippen molar-refractivity contribution in [1.29, 1.82) is 0 Å². The number of aliphatic carboxylic acids is 1. The molecule has 0 unspecified atom stereocenters. The molecule has 1 heterocycles. The normalized spacial score (nSPS) is 18.7. The second-order valence-electron chi connectivity index (χ2n) is 6.55. The first-order valence-electron chi connectivity index (χ1n) is 8.52. The molecule has 8 heteroatoms. The molecule has 2 fully saturated rings. The number of benzene rings is 1. The molecule has 1 aliphatic heterocycles. The third kappa shape index (κ3) is 4.01. The van der Waals surface area contributed by atoms with Gasteiger partial charge in [-0.15, -0.1) is 0 Å². The molecule has 1 saturated carbocycles. The van der Waals surface area contributed by atoms with Crippen LogP contribution in [0.2, 0.25) is 0 Å². The van der Waals surface area contributed by atoms with Crippen LogP contribution in [0, 0.1) is 0 Å². The maximum Gasteiger partial charge on any atom is 0.323 e. The fourth-order valence-corrected chi connectivity index (χ4v) is 4.67. The molecule has 25 heavy (non-hydrogen) atoms. The van der Waals surface area contributed by atoms with Gasteiger partial charge in [-0.1, -0.05) is 12.5 Å². The summed E-state index contributed by atoms with van der Waals surface area (Å²) in [5, 5.41) is 9.01. The van der Waals surface area contributed by atoms with Gasteiger partial charge in [0.05, 0.1) is 4.90 Å². The van der Waals surface area contributed by atoms with E-state index in [0.717, 1.165) is 32.1 Å². The van der Waals surface area contributed by atoms with Gasteiger partial charge in [-0.2, -0.15) is 4.31 Å². The minimum Gasteiger partial charge on any atom is -0.480 e. The molecule has 1 aromatic rings. The van der Waals surface area contributed by atoms with Crippen molar-refractivity contribution in [2.45, 2.75) is 43.0 Å². The fourth-order valence-electron chi connectivity index (χ4n) is 3.11. The van der Waals surface area contributed by atoms with Gasteiger partial charge in [-0.3, -0.25) is 9.59 Å². The van der Waals surface area contributed by atoms with Crippen LogP contribution in [0.3, 0.4) is 0 Å². The summed E-state index contributed by atoms with van der Waals surface area (Å²) >= 11 is 0. The molecular formula is C17H22N2O5S. The highest BCUT2D eigenvalue weighted by atomic mass is 32.2. The Hall–Kier alpha value is -1.93. The van der Waals surface area contributed by atoms with Crippen LogP contribution in [-0.2, 0) is 14.8 Å². The van der Waals surface area contributed by atoms with E-state index in [-0.39, 0.29) is 23.0 Å². The lowest BCUT2D eigenvalue weighted by Gasteiger charge is -2.26. The smallest absolute Gasteiger partial charge is 0.323 e. The molecule has 0 bridgehead atoms. The van der Waals surface area contributed by atoms with E-state index in [4.69, 9.17) is 5.11 Å². The highest BCUT2D eigenvalue weighted by Gasteiger charge is 2.35. The Labute approximate surface area is 147 Å². The van der Waals surface area contributed by atoms with E-state index in [2.05, 4.69) is 0 Å². The number of sulfonamides is 1. The number of carboxylic acid groups (broad SMARTS) is 1. The van der Waals surface area contributed by atoms with E-state index < -0.39 is 21.9 Å². The average Bonchev–Trinajstić information content (AvgIpc) is 3.45. The Kier molecular flexibility index (Phi) is 5.10. The molecule has 7 nitrogen and oxygen atoms in total. The number of carbonyl (C=O) groups is 2. The zero-order valence-electron chi connectivity index (χ0n) is 13.9. The summed E-state index contributed by atoms with van der Waals surface area (Å²) in [6.07, 6.45) is 4.27. The summed E-state index contributed by atoms with van der Waals surface area (Å²) in [6, 6.07) is 5.86. The van der Waals surface area contributed by atoms with Crippen LogP contribution >= 0.6 is 0 Å². The largest absolute Gasteiger partial charge is 0.480 e. The maximum absolute atomic E-state index is 12.8. The molecule has 3 rings (SSSR count). The van der Waals surface area contributed by atoms with Gasteiger partial charge in [-0.05, 0) is 43.9 Å². The van der Waals surface area contributed by atoms with Crippen molar-refractivity contribution in [2.24, 2.45) is 0 Å². The van der Waals surface area contributed by atoms with E-state index in [1.165, 1.54) is 33.5 Å². The van der Waals surface area contributed by atoms with E-state index in [1.807, 2.05) is 0 Å². The zero-order chi connectivity index (χ0) is 18.0. The molecule has 0 atom stereocenters. The van der Waals surface area contributed by atoms with Crippen LogP contribution in [0.5, 0.6) is 0 Å². The number of carboxylic acids is 1. The van der Waals surface area contributed by atoms with Gasteiger partial charge in [-0.25, -0.2) is 8.42 Å².